The maximum Gasteiger partial charge on any atom is 0.512 e. The van der Waals surface area contributed by atoms with E-state index >= 15 is 0 Å². The molecule has 10 nitrogen and oxygen atoms in total. The Kier molecular flexibility index (Phi) is 5.74. The minimum atomic E-state index is -1.49. The van der Waals surface area contributed by atoms with Crippen LogP contribution in [0.3, 0.4) is 0 Å². The van der Waals surface area contributed by atoms with E-state index in [0.717, 1.165) is 15.9 Å². The number of carbonyl (C=O) groups excluding carboxylic acids is 2. The Balaban J connectivity index is 1.38. The summed E-state index contributed by atoms with van der Waals surface area (Å²) in [7, 11) is 0. The number of carbonyl (C=O) groups is 3. The van der Waals surface area contributed by atoms with Gasteiger partial charge in [0.15, 0.2) is 5.13 Å². The zero-order chi connectivity index (χ0) is 22.1. The van der Waals surface area contributed by atoms with E-state index in [2.05, 4.69) is 15.6 Å². The number of hydrogen-bond acceptors (Lipinski definition) is 9. The van der Waals surface area contributed by atoms with Crippen LogP contribution in [0.1, 0.15) is 6.92 Å². The van der Waals surface area contributed by atoms with Crippen molar-refractivity contribution in [2.75, 3.05) is 23.3 Å². The van der Waals surface area contributed by atoms with Crippen LogP contribution in [0.5, 0.6) is 0 Å². The number of carboxylic acid groups (broad SMARTS) is 1. The maximum atomic E-state index is 12.6. The van der Waals surface area contributed by atoms with Crippen molar-refractivity contribution in [2.45, 2.75) is 18.3 Å². The molecule has 2 amide bonds. The Morgan fingerprint density at radius 3 is 3.00 bits per heavy atom. The molecule has 1 saturated heterocycles. The van der Waals surface area contributed by atoms with E-state index in [1.165, 1.54) is 28.0 Å². The molecule has 1 aromatic carbocycles. The fraction of sp³-hybridized carbons (Fsp3) is 0.263. The van der Waals surface area contributed by atoms with Gasteiger partial charge in [-0.3, -0.25) is 14.5 Å². The first-order valence-electron chi connectivity index (χ1n) is 9.28. The molecule has 162 valence electrons. The molecule has 5 N–H and O–H groups in total. The summed E-state index contributed by atoms with van der Waals surface area (Å²) >= 11 is 2.79. The molecule has 3 heterocycles. The molecule has 0 saturated carbocycles. The third kappa shape index (κ3) is 4.16. The average Bonchev–Trinajstić information content (AvgIpc) is 3.10. The molecule has 4 rings (SSSR count). The van der Waals surface area contributed by atoms with Crippen LogP contribution in [-0.2, 0) is 14.3 Å². The molecule has 31 heavy (non-hydrogen) atoms. The van der Waals surface area contributed by atoms with Crippen molar-refractivity contribution < 1.29 is 24.2 Å². The van der Waals surface area contributed by atoms with Crippen LogP contribution in [0.2, 0.25) is 0 Å². The third-order valence-corrected chi connectivity index (χ3v) is 6.82. The van der Waals surface area contributed by atoms with E-state index in [0.29, 0.717) is 16.5 Å². The number of aromatic nitrogens is 1. The lowest BCUT2D eigenvalue weighted by Crippen LogP contribution is -2.70. The second kappa shape index (κ2) is 8.47. The van der Waals surface area contributed by atoms with Crippen LogP contribution in [0.4, 0.5) is 15.6 Å². The summed E-state index contributed by atoms with van der Waals surface area (Å²) in [6, 6.07) is 4.72. The van der Waals surface area contributed by atoms with Gasteiger partial charge in [0.1, 0.15) is 11.4 Å². The molecule has 2 aliphatic heterocycles. The number of thiazole rings is 1. The zero-order valence-electron chi connectivity index (χ0n) is 16.3. The predicted molar refractivity (Wildman–Crippen MR) is 118 cm³/mol. The van der Waals surface area contributed by atoms with Crippen LogP contribution in [0.25, 0.3) is 10.2 Å². The van der Waals surface area contributed by atoms with Crippen LogP contribution < -0.4 is 16.4 Å². The minimum absolute atomic E-state index is 0.0000990. The highest BCUT2D eigenvalue weighted by Crippen LogP contribution is 2.41. The molecule has 1 aromatic heterocycles. The van der Waals surface area contributed by atoms with Crippen LogP contribution in [0.15, 0.2) is 41.8 Å². The molecular weight excluding hydrogens is 442 g/mol. The number of anilines is 2. The number of benzene rings is 1. The number of fused-ring (bicyclic) bond motifs is 2. The molecule has 1 unspecified atom stereocenters. The number of β-lactam (4-membered cyclic amide) rings is 1. The van der Waals surface area contributed by atoms with Gasteiger partial charge in [0.2, 0.25) is 11.8 Å². The van der Waals surface area contributed by atoms with Gasteiger partial charge in [-0.05, 0) is 25.1 Å². The van der Waals surface area contributed by atoms with Crippen molar-refractivity contribution in [3.8, 4) is 0 Å². The van der Waals surface area contributed by atoms with E-state index < -0.39 is 23.5 Å². The molecule has 2 aliphatic rings. The van der Waals surface area contributed by atoms with Gasteiger partial charge in [0, 0.05) is 17.0 Å². The second-order valence-electron chi connectivity index (χ2n) is 6.74. The zero-order valence-corrected chi connectivity index (χ0v) is 18.0. The Labute approximate surface area is 185 Å². The summed E-state index contributed by atoms with van der Waals surface area (Å²) in [6.45, 7) is 1.76. The largest absolute Gasteiger partial charge is 0.512 e. The molecule has 0 aliphatic carbocycles. The number of nitrogens with two attached hydrogens (primary N) is 1. The lowest BCUT2D eigenvalue weighted by molar-refractivity contribution is -0.148. The summed E-state index contributed by atoms with van der Waals surface area (Å²) in [4.78, 5) is 41.5. The van der Waals surface area contributed by atoms with E-state index in [-0.39, 0.29) is 18.3 Å². The average molecular weight is 462 g/mol. The molecule has 0 spiro atoms. The first kappa shape index (κ1) is 21.0. The van der Waals surface area contributed by atoms with Crippen LogP contribution >= 0.6 is 23.1 Å². The fourth-order valence-electron chi connectivity index (χ4n) is 3.35. The van der Waals surface area contributed by atoms with Gasteiger partial charge in [0.05, 0.1) is 16.8 Å². The second-order valence-corrected chi connectivity index (χ2v) is 8.91. The standard InChI is InChI=1S/C19H19N5O5S2/c1-2-3-9-8-30-17-14(15(26)24(17)16(9)29-19(27)28)23-13(25)7-21-10-4-5-11-12(6-10)31-18(20)22-11/h2-6,14,17,21H,7-8H2,1H3,(H2,20,22)(H,23,25)(H,27,28)/b3-2-/t14?,17-/m0/s1. The molecule has 1 fully saturated rings. The molecule has 12 heteroatoms. The predicted octanol–water partition coefficient (Wildman–Crippen LogP) is 2.17. The number of nitrogens with one attached hydrogen (secondary N) is 2. The maximum absolute atomic E-state index is 12.6. The van der Waals surface area contributed by atoms with Gasteiger partial charge in [0.25, 0.3) is 5.91 Å². The minimum Gasteiger partial charge on any atom is -0.449 e. The van der Waals surface area contributed by atoms with Crippen molar-refractivity contribution in [3.05, 3.63) is 41.8 Å². The van der Waals surface area contributed by atoms with Crippen molar-refractivity contribution in [3.63, 3.8) is 0 Å². The number of nitrogen functional groups attached to an aromatic ring is 1. The van der Waals surface area contributed by atoms with Gasteiger partial charge in [-0.25, -0.2) is 9.78 Å². The molecule has 0 radical (unpaired) electrons. The lowest BCUT2D eigenvalue weighted by Gasteiger charge is -2.48. The number of nitrogens with zero attached hydrogens (tertiary/aromatic N) is 2. The number of hydrogen-bond donors (Lipinski definition) is 4. The van der Waals surface area contributed by atoms with Crippen LogP contribution in [-0.4, -0.2) is 56.7 Å². The van der Waals surface area contributed by atoms with Gasteiger partial charge in [-0.1, -0.05) is 23.5 Å². The van der Waals surface area contributed by atoms with Crippen molar-refractivity contribution >= 4 is 62.1 Å². The highest BCUT2D eigenvalue weighted by Gasteiger charge is 2.53. The van der Waals surface area contributed by atoms with Crippen molar-refractivity contribution in [2.24, 2.45) is 0 Å². The Bertz CT molecular complexity index is 1130. The number of thioether (sulfide) groups is 1. The fourth-order valence-corrected chi connectivity index (χ4v) is 5.42. The summed E-state index contributed by atoms with van der Waals surface area (Å²) in [5.74, 6) is -0.304. The quantitative estimate of drug-likeness (QED) is 0.375. The van der Waals surface area contributed by atoms with Gasteiger partial charge in [-0.15, -0.1) is 11.8 Å². The molecule has 2 aromatic rings. The summed E-state index contributed by atoms with van der Waals surface area (Å²) in [5, 5.41) is 14.8. The van der Waals surface area contributed by atoms with Crippen LogP contribution in [0, 0.1) is 0 Å². The molecular formula is C19H19N5O5S2. The van der Waals surface area contributed by atoms with E-state index in [4.69, 9.17) is 15.6 Å². The van der Waals surface area contributed by atoms with Crippen molar-refractivity contribution in [1.29, 1.82) is 0 Å². The van der Waals surface area contributed by atoms with Gasteiger partial charge >= 0.3 is 6.16 Å². The van der Waals surface area contributed by atoms with E-state index in [1.807, 2.05) is 12.1 Å². The van der Waals surface area contributed by atoms with Gasteiger partial charge < -0.3 is 26.2 Å². The monoisotopic (exact) mass is 461 g/mol. The smallest absolute Gasteiger partial charge is 0.449 e. The SMILES string of the molecule is C/C=C\C1=C(OC(=O)O)N2C(=O)C(NC(=O)CNc3ccc4nc(N)sc4c3)[C@@H]2SC1. The highest BCUT2D eigenvalue weighted by atomic mass is 32.2. The normalized spacial score (nSPS) is 20.5. The summed E-state index contributed by atoms with van der Waals surface area (Å²) in [6.07, 6.45) is 1.96. The first-order chi connectivity index (χ1) is 14.9. The van der Waals surface area contributed by atoms with Crippen molar-refractivity contribution in [1.82, 2.24) is 15.2 Å². The highest BCUT2D eigenvalue weighted by molar-refractivity contribution is 8.00. The Hall–Kier alpha value is -3.25. The molecule has 0 bridgehead atoms. The topological polar surface area (TPSA) is 147 Å². The third-order valence-electron chi connectivity index (χ3n) is 4.67. The number of rotatable bonds is 6. The van der Waals surface area contributed by atoms with E-state index in [1.54, 1.807) is 25.1 Å². The summed E-state index contributed by atoms with van der Waals surface area (Å²) < 4.78 is 5.76. The molecule has 2 atom stereocenters. The summed E-state index contributed by atoms with van der Waals surface area (Å²) in [5.41, 5.74) is 7.83. The number of ether oxygens (including phenoxy) is 1. The number of allylic oxidation sites excluding steroid dienone is 2. The van der Waals surface area contributed by atoms with E-state index in [9.17, 15) is 14.4 Å². The number of amides is 2. The Morgan fingerprint density at radius 2 is 2.26 bits per heavy atom. The van der Waals surface area contributed by atoms with Gasteiger partial charge in [-0.2, -0.15) is 0 Å². The Morgan fingerprint density at radius 1 is 1.45 bits per heavy atom. The first-order valence-corrected chi connectivity index (χ1v) is 11.1. The lowest BCUT2D eigenvalue weighted by atomic mass is 10.1.